The molecule has 0 aromatic heterocycles. The SMILES string of the molecule is CC.Cc1cc2c(cc1Cl)C(=O)CCO2. The van der Waals surface area contributed by atoms with E-state index >= 15 is 0 Å². The molecule has 0 saturated heterocycles. The minimum absolute atomic E-state index is 0.114. The normalized spacial score (nSPS) is 13.5. The highest BCUT2D eigenvalue weighted by molar-refractivity contribution is 6.31. The first-order valence-electron chi connectivity index (χ1n) is 5.14. The van der Waals surface area contributed by atoms with Crippen LogP contribution in [0.5, 0.6) is 5.75 Å². The maximum atomic E-state index is 11.4. The quantitative estimate of drug-likeness (QED) is 0.675. The van der Waals surface area contributed by atoms with Gasteiger partial charge in [0.05, 0.1) is 12.2 Å². The lowest BCUT2D eigenvalue weighted by molar-refractivity contribution is 0.0933. The van der Waals surface area contributed by atoms with E-state index in [1.54, 1.807) is 6.07 Å². The number of halogens is 1. The minimum Gasteiger partial charge on any atom is -0.492 e. The number of carbonyl (C=O) groups excluding carboxylic acids is 1. The summed E-state index contributed by atoms with van der Waals surface area (Å²) in [5.41, 5.74) is 1.55. The minimum atomic E-state index is 0.114. The number of Topliss-reactive ketones (excluding diaryl/α,β-unsaturated/α-hetero) is 1. The molecule has 2 nitrogen and oxygen atoms in total. The molecule has 1 aliphatic rings. The molecule has 15 heavy (non-hydrogen) atoms. The molecule has 0 bridgehead atoms. The monoisotopic (exact) mass is 226 g/mol. The molecule has 0 unspecified atom stereocenters. The van der Waals surface area contributed by atoms with E-state index in [0.717, 1.165) is 5.56 Å². The van der Waals surface area contributed by atoms with Gasteiger partial charge in [0, 0.05) is 11.4 Å². The molecule has 0 atom stereocenters. The van der Waals surface area contributed by atoms with Crippen LogP contribution >= 0.6 is 11.6 Å². The summed E-state index contributed by atoms with van der Waals surface area (Å²) < 4.78 is 5.35. The summed E-state index contributed by atoms with van der Waals surface area (Å²) in [7, 11) is 0. The number of benzene rings is 1. The molecule has 1 heterocycles. The van der Waals surface area contributed by atoms with E-state index in [4.69, 9.17) is 16.3 Å². The third-order valence-corrected chi connectivity index (χ3v) is 2.56. The van der Waals surface area contributed by atoms with Gasteiger partial charge in [-0.1, -0.05) is 25.4 Å². The number of carbonyl (C=O) groups is 1. The van der Waals surface area contributed by atoms with Crippen molar-refractivity contribution < 1.29 is 9.53 Å². The van der Waals surface area contributed by atoms with E-state index in [0.29, 0.717) is 29.4 Å². The molecule has 0 radical (unpaired) electrons. The van der Waals surface area contributed by atoms with Gasteiger partial charge >= 0.3 is 0 Å². The zero-order chi connectivity index (χ0) is 11.4. The van der Waals surface area contributed by atoms with Gasteiger partial charge in [-0.2, -0.15) is 0 Å². The Hall–Kier alpha value is -1.02. The lowest BCUT2D eigenvalue weighted by atomic mass is 10.0. The van der Waals surface area contributed by atoms with Crippen molar-refractivity contribution in [3.8, 4) is 5.75 Å². The molecule has 0 saturated carbocycles. The van der Waals surface area contributed by atoms with Crippen LogP contribution in [0.1, 0.15) is 36.2 Å². The highest BCUT2D eigenvalue weighted by atomic mass is 35.5. The van der Waals surface area contributed by atoms with E-state index in [9.17, 15) is 4.79 Å². The van der Waals surface area contributed by atoms with E-state index in [1.165, 1.54) is 0 Å². The van der Waals surface area contributed by atoms with Crippen LogP contribution in [0, 0.1) is 6.92 Å². The highest BCUT2D eigenvalue weighted by Crippen LogP contribution is 2.30. The molecular weight excluding hydrogens is 212 g/mol. The second-order valence-electron chi connectivity index (χ2n) is 3.12. The third kappa shape index (κ3) is 2.51. The lowest BCUT2D eigenvalue weighted by Crippen LogP contribution is -2.15. The average Bonchev–Trinajstić information content (AvgIpc) is 2.24. The molecule has 0 amide bonds. The molecule has 1 aromatic rings. The van der Waals surface area contributed by atoms with E-state index in [2.05, 4.69) is 0 Å². The number of ketones is 1. The van der Waals surface area contributed by atoms with Crippen molar-refractivity contribution in [1.29, 1.82) is 0 Å². The molecule has 2 rings (SSSR count). The van der Waals surface area contributed by atoms with Crippen LogP contribution < -0.4 is 4.74 Å². The summed E-state index contributed by atoms with van der Waals surface area (Å²) in [6.45, 7) is 6.37. The van der Waals surface area contributed by atoms with Crippen LogP contribution in [0.3, 0.4) is 0 Å². The van der Waals surface area contributed by atoms with Gasteiger partial charge in [0.1, 0.15) is 5.75 Å². The Labute approximate surface area is 95.2 Å². The van der Waals surface area contributed by atoms with Crippen molar-refractivity contribution >= 4 is 17.4 Å². The lowest BCUT2D eigenvalue weighted by Gasteiger charge is -2.17. The van der Waals surface area contributed by atoms with Gasteiger partial charge in [-0.3, -0.25) is 4.79 Å². The Morgan fingerprint density at radius 1 is 1.33 bits per heavy atom. The summed E-state index contributed by atoms with van der Waals surface area (Å²) >= 11 is 5.90. The maximum absolute atomic E-state index is 11.4. The Kier molecular flexibility index (Phi) is 4.15. The highest BCUT2D eigenvalue weighted by Gasteiger charge is 2.19. The second kappa shape index (κ2) is 5.17. The van der Waals surface area contributed by atoms with E-state index in [-0.39, 0.29) is 5.78 Å². The first kappa shape index (κ1) is 12.1. The fraction of sp³-hybridized carbons (Fsp3) is 0.417. The van der Waals surface area contributed by atoms with Gasteiger partial charge in [0.25, 0.3) is 0 Å². The molecule has 0 fully saturated rings. The molecule has 1 aliphatic heterocycles. The van der Waals surface area contributed by atoms with Crippen molar-refractivity contribution in [1.82, 2.24) is 0 Å². The zero-order valence-corrected chi connectivity index (χ0v) is 10.0. The van der Waals surface area contributed by atoms with Crippen molar-refractivity contribution in [2.75, 3.05) is 6.61 Å². The average molecular weight is 227 g/mol. The molecule has 82 valence electrons. The number of hydrogen-bond acceptors (Lipinski definition) is 2. The van der Waals surface area contributed by atoms with Gasteiger partial charge < -0.3 is 4.74 Å². The standard InChI is InChI=1S/C10H9ClO2.C2H6/c1-6-4-10-7(5-8(6)11)9(12)2-3-13-10;1-2/h4-5H,2-3H2,1H3;1-2H3. The fourth-order valence-corrected chi connectivity index (χ4v) is 1.54. The first-order chi connectivity index (χ1) is 7.18. The summed E-state index contributed by atoms with van der Waals surface area (Å²) in [6.07, 6.45) is 0.451. The van der Waals surface area contributed by atoms with Crippen LogP contribution in [0.25, 0.3) is 0 Å². The number of aryl methyl sites for hydroxylation is 1. The van der Waals surface area contributed by atoms with E-state index < -0.39 is 0 Å². The van der Waals surface area contributed by atoms with Crippen molar-refractivity contribution in [2.24, 2.45) is 0 Å². The van der Waals surface area contributed by atoms with Crippen molar-refractivity contribution in [3.63, 3.8) is 0 Å². The molecule has 0 N–H and O–H groups in total. The van der Waals surface area contributed by atoms with Gasteiger partial charge in [-0.05, 0) is 24.6 Å². The Bertz CT molecular complexity index is 372. The predicted molar refractivity (Wildman–Crippen MR) is 62.0 cm³/mol. The Morgan fingerprint density at radius 2 is 2.00 bits per heavy atom. The number of ether oxygens (including phenoxy) is 1. The van der Waals surface area contributed by atoms with Crippen LogP contribution in [-0.4, -0.2) is 12.4 Å². The summed E-state index contributed by atoms with van der Waals surface area (Å²) in [5.74, 6) is 0.779. The second-order valence-corrected chi connectivity index (χ2v) is 3.53. The van der Waals surface area contributed by atoms with Crippen LogP contribution in [0.4, 0.5) is 0 Å². The number of fused-ring (bicyclic) bond motifs is 1. The largest absolute Gasteiger partial charge is 0.492 e. The zero-order valence-electron chi connectivity index (χ0n) is 9.26. The van der Waals surface area contributed by atoms with Crippen LogP contribution in [-0.2, 0) is 0 Å². The molecular formula is C12H15ClO2. The van der Waals surface area contributed by atoms with E-state index in [1.807, 2.05) is 26.8 Å². The molecule has 0 aliphatic carbocycles. The molecule has 1 aromatic carbocycles. The third-order valence-electron chi connectivity index (χ3n) is 2.15. The molecule has 0 spiro atoms. The maximum Gasteiger partial charge on any atom is 0.170 e. The smallest absolute Gasteiger partial charge is 0.170 e. The summed E-state index contributed by atoms with van der Waals surface area (Å²) in [5, 5.41) is 0.623. The van der Waals surface area contributed by atoms with Gasteiger partial charge in [0.2, 0.25) is 0 Å². The summed E-state index contributed by atoms with van der Waals surface area (Å²) in [4.78, 5) is 11.4. The Morgan fingerprint density at radius 3 is 2.67 bits per heavy atom. The fourth-order valence-electron chi connectivity index (χ4n) is 1.38. The van der Waals surface area contributed by atoms with Crippen LogP contribution in [0.2, 0.25) is 5.02 Å². The van der Waals surface area contributed by atoms with Gasteiger partial charge in [-0.25, -0.2) is 0 Å². The van der Waals surface area contributed by atoms with Crippen molar-refractivity contribution in [3.05, 3.63) is 28.3 Å². The molecule has 3 heteroatoms. The van der Waals surface area contributed by atoms with Gasteiger partial charge in [0.15, 0.2) is 5.78 Å². The first-order valence-corrected chi connectivity index (χ1v) is 5.52. The van der Waals surface area contributed by atoms with Gasteiger partial charge in [-0.15, -0.1) is 0 Å². The number of rotatable bonds is 0. The van der Waals surface area contributed by atoms with Crippen LogP contribution in [0.15, 0.2) is 12.1 Å². The predicted octanol–water partition coefficient (Wildman–Crippen LogP) is 3.64. The summed E-state index contributed by atoms with van der Waals surface area (Å²) in [6, 6.07) is 3.50. The Balaban J connectivity index is 0.000000531. The topological polar surface area (TPSA) is 26.3 Å². The number of hydrogen-bond donors (Lipinski definition) is 0. The van der Waals surface area contributed by atoms with Crippen molar-refractivity contribution in [2.45, 2.75) is 27.2 Å².